The van der Waals surface area contributed by atoms with E-state index in [1.807, 2.05) is 6.20 Å². The molecular formula is C14H22N4. The molecule has 0 atom stereocenters. The maximum Gasteiger partial charge on any atom is 0.151 e. The van der Waals surface area contributed by atoms with E-state index in [0.717, 1.165) is 18.9 Å². The summed E-state index contributed by atoms with van der Waals surface area (Å²) in [4.78, 5) is 4.78. The Hall–Kier alpha value is -1.16. The fourth-order valence-corrected chi connectivity index (χ4v) is 3.04. The Morgan fingerprint density at radius 1 is 1.11 bits per heavy atom. The molecule has 3 heterocycles. The Morgan fingerprint density at radius 2 is 1.83 bits per heavy atom. The first-order chi connectivity index (χ1) is 8.83. The molecule has 0 aromatic carbocycles. The molecule has 0 radical (unpaired) electrons. The zero-order valence-electron chi connectivity index (χ0n) is 11.2. The molecule has 4 nitrogen and oxygen atoms in total. The lowest BCUT2D eigenvalue weighted by Gasteiger charge is -2.29. The van der Waals surface area contributed by atoms with E-state index >= 15 is 0 Å². The minimum Gasteiger partial charge on any atom is -0.355 e. The SMILES string of the molecule is CN1CCC(c2cnnc(N3CCCC3)c2)CC1. The number of hydrogen-bond donors (Lipinski definition) is 0. The van der Waals surface area contributed by atoms with Crippen molar-refractivity contribution in [3.63, 3.8) is 0 Å². The Balaban J connectivity index is 1.74. The van der Waals surface area contributed by atoms with Crippen molar-refractivity contribution >= 4 is 5.82 Å². The minimum absolute atomic E-state index is 0.679. The van der Waals surface area contributed by atoms with Gasteiger partial charge in [-0.15, -0.1) is 5.10 Å². The molecule has 0 spiro atoms. The second-order valence-electron chi connectivity index (χ2n) is 5.62. The van der Waals surface area contributed by atoms with Gasteiger partial charge in [0.15, 0.2) is 5.82 Å². The van der Waals surface area contributed by atoms with Crippen LogP contribution in [0.2, 0.25) is 0 Å². The second kappa shape index (κ2) is 5.22. The Kier molecular flexibility index (Phi) is 3.46. The van der Waals surface area contributed by atoms with E-state index in [0.29, 0.717) is 5.92 Å². The summed E-state index contributed by atoms with van der Waals surface area (Å²) < 4.78 is 0. The number of anilines is 1. The maximum absolute atomic E-state index is 4.30. The van der Waals surface area contributed by atoms with Gasteiger partial charge in [0, 0.05) is 13.1 Å². The third-order valence-electron chi connectivity index (χ3n) is 4.28. The molecular weight excluding hydrogens is 224 g/mol. The molecule has 1 aromatic heterocycles. The van der Waals surface area contributed by atoms with E-state index in [1.165, 1.54) is 44.3 Å². The van der Waals surface area contributed by atoms with Crippen LogP contribution < -0.4 is 4.90 Å². The molecule has 2 aliphatic rings. The van der Waals surface area contributed by atoms with E-state index in [9.17, 15) is 0 Å². The lowest BCUT2D eigenvalue weighted by Crippen LogP contribution is -2.29. The Labute approximate surface area is 109 Å². The topological polar surface area (TPSA) is 32.3 Å². The van der Waals surface area contributed by atoms with Crippen molar-refractivity contribution in [2.75, 3.05) is 38.1 Å². The molecule has 0 N–H and O–H groups in total. The number of piperidine rings is 1. The molecule has 18 heavy (non-hydrogen) atoms. The van der Waals surface area contributed by atoms with Crippen molar-refractivity contribution < 1.29 is 0 Å². The van der Waals surface area contributed by atoms with Gasteiger partial charge < -0.3 is 9.80 Å². The summed E-state index contributed by atoms with van der Waals surface area (Å²) in [5.74, 6) is 1.77. The zero-order valence-corrected chi connectivity index (χ0v) is 11.2. The number of aromatic nitrogens is 2. The van der Waals surface area contributed by atoms with E-state index in [1.54, 1.807) is 0 Å². The zero-order chi connectivity index (χ0) is 12.4. The van der Waals surface area contributed by atoms with E-state index in [2.05, 4.69) is 33.1 Å². The first-order valence-electron chi connectivity index (χ1n) is 7.09. The predicted molar refractivity (Wildman–Crippen MR) is 73.0 cm³/mol. The van der Waals surface area contributed by atoms with Gasteiger partial charge in [-0.05, 0) is 63.4 Å². The number of hydrogen-bond acceptors (Lipinski definition) is 4. The monoisotopic (exact) mass is 246 g/mol. The van der Waals surface area contributed by atoms with Crippen LogP contribution in [0.25, 0.3) is 0 Å². The van der Waals surface area contributed by atoms with Crippen LogP contribution in [0, 0.1) is 0 Å². The lowest BCUT2D eigenvalue weighted by atomic mass is 9.91. The summed E-state index contributed by atoms with van der Waals surface area (Å²) in [5, 5.41) is 8.51. The summed E-state index contributed by atoms with van der Waals surface area (Å²) in [6.07, 6.45) is 7.05. The van der Waals surface area contributed by atoms with Crippen LogP contribution in [0.15, 0.2) is 12.3 Å². The quantitative estimate of drug-likeness (QED) is 0.797. The van der Waals surface area contributed by atoms with Gasteiger partial charge in [0.2, 0.25) is 0 Å². The van der Waals surface area contributed by atoms with E-state index in [-0.39, 0.29) is 0 Å². The normalized spacial score (nSPS) is 22.6. The molecule has 2 fully saturated rings. The summed E-state index contributed by atoms with van der Waals surface area (Å²) in [7, 11) is 2.21. The third-order valence-corrected chi connectivity index (χ3v) is 4.28. The summed E-state index contributed by atoms with van der Waals surface area (Å²) >= 11 is 0. The summed E-state index contributed by atoms with van der Waals surface area (Å²) in [6, 6.07) is 2.27. The van der Waals surface area contributed by atoms with E-state index < -0.39 is 0 Å². The molecule has 0 aliphatic carbocycles. The van der Waals surface area contributed by atoms with Crippen molar-refractivity contribution in [2.24, 2.45) is 0 Å². The van der Waals surface area contributed by atoms with Crippen LogP contribution in [0.3, 0.4) is 0 Å². The fraction of sp³-hybridized carbons (Fsp3) is 0.714. The predicted octanol–water partition coefficient (Wildman–Crippen LogP) is 1.89. The van der Waals surface area contributed by atoms with Crippen molar-refractivity contribution in [3.8, 4) is 0 Å². The molecule has 0 bridgehead atoms. The first kappa shape index (κ1) is 11.9. The molecule has 98 valence electrons. The molecule has 0 unspecified atom stereocenters. The standard InChI is InChI=1S/C14H22N4/c1-17-8-4-12(5-9-17)13-10-14(16-15-11-13)18-6-2-3-7-18/h10-12H,2-9H2,1H3. The van der Waals surface area contributed by atoms with Gasteiger partial charge in [0.1, 0.15) is 0 Å². The van der Waals surface area contributed by atoms with Crippen LogP contribution in [0.5, 0.6) is 0 Å². The van der Waals surface area contributed by atoms with E-state index in [4.69, 9.17) is 0 Å². The third kappa shape index (κ3) is 2.48. The molecule has 2 aliphatic heterocycles. The van der Waals surface area contributed by atoms with Crippen molar-refractivity contribution in [3.05, 3.63) is 17.8 Å². The van der Waals surface area contributed by atoms with Gasteiger partial charge in [-0.25, -0.2) is 0 Å². The van der Waals surface area contributed by atoms with Crippen LogP contribution in [-0.4, -0.2) is 48.3 Å². The average molecular weight is 246 g/mol. The Bertz CT molecular complexity index is 393. The number of likely N-dealkylation sites (tertiary alicyclic amines) is 1. The number of nitrogens with zero attached hydrogens (tertiary/aromatic N) is 4. The van der Waals surface area contributed by atoms with Crippen LogP contribution in [0.1, 0.15) is 37.2 Å². The average Bonchev–Trinajstić information content (AvgIpc) is 2.94. The van der Waals surface area contributed by atoms with Crippen molar-refractivity contribution in [1.29, 1.82) is 0 Å². The lowest BCUT2D eigenvalue weighted by molar-refractivity contribution is 0.255. The Morgan fingerprint density at radius 3 is 2.56 bits per heavy atom. The van der Waals surface area contributed by atoms with Gasteiger partial charge in [-0.3, -0.25) is 0 Å². The number of rotatable bonds is 2. The van der Waals surface area contributed by atoms with Crippen LogP contribution in [0.4, 0.5) is 5.82 Å². The highest BCUT2D eigenvalue weighted by atomic mass is 15.3. The molecule has 2 saturated heterocycles. The smallest absolute Gasteiger partial charge is 0.151 e. The molecule has 0 amide bonds. The highest BCUT2D eigenvalue weighted by Gasteiger charge is 2.21. The second-order valence-corrected chi connectivity index (χ2v) is 5.62. The van der Waals surface area contributed by atoms with Gasteiger partial charge in [0.25, 0.3) is 0 Å². The van der Waals surface area contributed by atoms with Gasteiger partial charge in [0.05, 0.1) is 6.20 Å². The fourth-order valence-electron chi connectivity index (χ4n) is 3.04. The van der Waals surface area contributed by atoms with Crippen molar-refractivity contribution in [1.82, 2.24) is 15.1 Å². The van der Waals surface area contributed by atoms with Gasteiger partial charge in [-0.1, -0.05) is 0 Å². The molecule has 4 heteroatoms. The highest BCUT2D eigenvalue weighted by molar-refractivity contribution is 5.41. The van der Waals surface area contributed by atoms with Gasteiger partial charge in [-0.2, -0.15) is 5.10 Å². The van der Waals surface area contributed by atoms with Crippen molar-refractivity contribution in [2.45, 2.75) is 31.6 Å². The summed E-state index contributed by atoms with van der Waals surface area (Å²) in [6.45, 7) is 4.69. The molecule has 3 rings (SSSR count). The summed E-state index contributed by atoms with van der Waals surface area (Å²) in [5.41, 5.74) is 1.39. The molecule has 0 saturated carbocycles. The first-order valence-corrected chi connectivity index (χ1v) is 7.09. The van der Waals surface area contributed by atoms with Gasteiger partial charge >= 0.3 is 0 Å². The van der Waals surface area contributed by atoms with Crippen LogP contribution >= 0.6 is 0 Å². The molecule has 1 aromatic rings. The minimum atomic E-state index is 0.679. The van der Waals surface area contributed by atoms with Crippen LogP contribution in [-0.2, 0) is 0 Å². The highest BCUT2D eigenvalue weighted by Crippen LogP contribution is 2.29. The maximum atomic E-state index is 4.30. The largest absolute Gasteiger partial charge is 0.355 e.